The molecule has 0 radical (unpaired) electrons. The Hall–Kier alpha value is -0.870. The predicted octanol–water partition coefficient (Wildman–Crippen LogP) is 3.22. The van der Waals surface area contributed by atoms with E-state index in [1.165, 1.54) is 10.4 Å². The van der Waals surface area contributed by atoms with Crippen molar-refractivity contribution in [3.05, 3.63) is 21.4 Å². The Bertz CT molecular complexity index is 449. The zero-order valence-corrected chi connectivity index (χ0v) is 13.7. The smallest absolute Gasteiger partial charge is 0.264 e. The highest BCUT2D eigenvalue weighted by molar-refractivity contribution is 7.14. The van der Waals surface area contributed by atoms with Crippen molar-refractivity contribution in [3.8, 4) is 0 Å². The molecular weight excluding hydrogens is 268 g/mol. The largest absolute Gasteiger partial charge is 0.335 e. The van der Waals surface area contributed by atoms with E-state index in [9.17, 15) is 4.79 Å². The summed E-state index contributed by atoms with van der Waals surface area (Å²) in [6, 6.07) is 2.49. The molecule has 1 aliphatic heterocycles. The summed E-state index contributed by atoms with van der Waals surface area (Å²) in [5, 5.41) is 3.38. The minimum absolute atomic E-state index is 0.242. The van der Waals surface area contributed by atoms with Gasteiger partial charge in [0, 0.05) is 17.5 Å². The second-order valence-electron chi connectivity index (χ2n) is 5.55. The second kappa shape index (κ2) is 7.23. The molecule has 112 valence electrons. The molecule has 0 spiro atoms. The minimum atomic E-state index is 0.242. The molecule has 0 aliphatic carbocycles. The summed E-state index contributed by atoms with van der Waals surface area (Å²) >= 11 is 1.68. The molecule has 2 heterocycles. The van der Waals surface area contributed by atoms with Crippen molar-refractivity contribution in [3.63, 3.8) is 0 Å². The number of nitrogens with zero attached hydrogens (tertiary/aromatic N) is 1. The molecule has 0 saturated carbocycles. The van der Waals surface area contributed by atoms with E-state index >= 15 is 0 Å². The molecule has 1 aromatic rings. The summed E-state index contributed by atoms with van der Waals surface area (Å²) in [6.07, 6.45) is 4.21. The van der Waals surface area contributed by atoms with Crippen molar-refractivity contribution in [2.24, 2.45) is 0 Å². The first kappa shape index (κ1) is 15.5. The Morgan fingerprint density at radius 1 is 1.40 bits per heavy atom. The highest BCUT2D eigenvalue weighted by Gasteiger charge is 2.26. The van der Waals surface area contributed by atoms with Crippen LogP contribution in [0.1, 0.15) is 53.2 Å². The molecule has 1 fully saturated rings. The van der Waals surface area contributed by atoms with Gasteiger partial charge < -0.3 is 10.2 Å². The van der Waals surface area contributed by atoms with Crippen LogP contribution in [0.2, 0.25) is 0 Å². The van der Waals surface area contributed by atoms with Gasteiger partial charge in [-0.05, 0) is 57.3 Å². The number of piperidine rings is 1. The number of hydrogen-bond acceptors (Lipinski definition) is 3. The first-order valence-corrected chi connectivity index (χ1v) is 8.60. The minimum Gasteiger partial charge on any atom is -0.335 e. The molecule has 0 bridgehead atoms. The molecule has 3 nitrogen and oxygen atoms in total. The Kier molecular flexibility index (Phi) is 5.61. The zero-order chi connectivity index (χ0) is 14.5. The fourth-order valence-corrected chi connectivity index (χ4v) is 4.00. The number of thiophene rings is 1. The molecule has 0 aromatic carbocycles. The Morgan fingerprint density at radius 2 is 2.10 bits per heavy atom. The first-order valence-electron chi connectivity index (χ1n) is 7.78. The molecule has 1 N–H and O–H groups in total. The monoisotopic (exact) mass is 294 g/mol. The fraction of sp³-hybridized carbons (Fsp3) is 0.688. The van der Waals surface area contributed by atoms with Crippen molar-refractivity contribution in [1.29, 1.82) is 0 Å². The molecule has 1 aromatic heterocycles. The van der Waals surface area contributed by atoms with Crippen LogP contribution in [0.25, 0.3) is 0 Å². The van der Waals surface area contributed by atoms with Gasteiger partial charge in [0.25, 0.3) is 5.91 Å². The second-order valence-corrected chi connectivity index (χ2v) is 6.69. The maximum atomic E-state index is 12.8. The summed E-state index contributed by atoms with van der Waals surface area (Å²) in [7, 11) is 0. The van der Waals surface area contributed by atoms with Crippen LogP contribution in [0, 0.1) is 6.92 Å². The van der Waals surface area contributed by atoms with Gasteiger partial charge in [-0.3, -0.25) is 4.79 Å². The summed E-state index contributed by atoms with van der Waals surface area (Å²) in [4.78, 5) is 17.2. The van der Waals surface area contributed by atoms with Gasteiger partial charge in [-0.1, -0.05) is 13.8 Å². The summed E-state index contributed by atoms with van der Waals surface area (Å²) in [6.45, 7) is 9.36. The van der Waals surface area contributed by atoms with Gasteiger partial charge in [0.2, 0.25) is 0 Å². The third kappa shape index (κ3) is 3.41. The third-order valence-electron chi connectivity index (χ3n) is 4.03. The van der Waals surface area contributed by atoms with Crippen molar-refractivity contribution < 1.29 is 4.79 Å². The zero-order valence-electron chi connectivity index (χ0n) is 12.9. The van der Waals surface area contributed by atoms with Gasteiger partial charge in [-0.25, -0.2) is 0 Å². The van der Waals surface area contributed by atoms with E-state index in [2.05, 4.69) is 37.1 Å². The Labute approximate surface area is 126 Å². The normalized spacial score (nSPS) is 16.4. The summed E-state index contributed by atoms with van der Waals surface area (Å²) in [5.41, 5.74) is 1.27. The number of carbonyl (C=O) groups excluding carboxylic acids is 1. The van der Waals surface area contributed by atoms with E-state index in [0.29, 0.717) is 6.04 Å². The maximum Gasteiger partial charge on any atom is 0.264 e. The van der Waals surface area contributed by atoms with Gasteiger partial charge in [0.15, 0.2) is 0 Å². The van der Waals surface area contributed by atoms with E-state index in [1.807, 2.05) is 0 Å². The Balaban J connectivity index is 2.16. The highest BCUT2D eigenvalue weighted by atomic mass is 32.1. The fourth-order valence-electron chi connectivity index (χ4n) is 2.93. The summed E-state index contributed by atoms with van der Waals surface area (Å²) < 4.78 is 0. The van der Waals surface area contributed by atoms with Crippen molar-refractivity contribution >= 4 is 17.2 Å². The molecule has 4 heteroatoms. The molecular formula is C16H26N2OS. The quantitative estimate of drug-likeness (QED) is 0.904. The van der Waals surface area contributed by atoms with E-state index in [0.717, 1.165) is 50.2 Å². The lowest BCUT2D eigenvalue weighted by atomic mass is 10.0. The Morgan fingerprint density at radius 3 is 2.65 bits per heavy atom. The number of aryl methyl sites for hydroxylation is 2. The van der Waals surface area contributed by atoms with Crippen LogP contribution in [0.4, 0.5) is 0 Å². The van der Waals surface area contributed by atoms with Gasteiger partial charge in [-0.2, -0.15) is 0 Å². The van der Waals surface area contributed by atoms with E-state index < -0.39 is 0 Å². The van der Waals surface area contributed by atoms with Crippen molar-refractivity contribution in [1.82, 2.24) is 10.2 Å². The van der Waals surface area contributed by atoms with Crippen molar-refractivity contribution in [2.45, 2.75) is 52.5 Å². The number of rotatable bonds is 5. The first-order chi connectivity index (χ1) is 9.67. The van der Waals surface area contributed by atoms with Gasteiger partial charge >= 0.3 is 0 Å². The van der Waals surface area contributed by atoms with Crippen LogP contribution in [0.15, 0.2) is 6.07 Å². The predicted molar refractivity (Wildman–Crippen MR) is 85.7 cm³/mol. The number of carbonyl (C=O) groups is 1. The molecule has 1 amide bonds. The van der Waals surface area contributed by atoms with Crippen LogP contribution < -0.4 is 5.32 Å². The van der Waals surface area contributed by atoms with E-state index in [4.69, 9.17) is 0 Å². The van der Waals surface area contributed by atoms with Crippen LogP contribution in [-0.2, 0) is 6.42 Å². The van der Waals surface area contributed by atoms with Crippen LogP contribution in [0.5, 0.6) is 0 Å². The average molecular weight is 294 g/mol. The molecule has 1 saturated heterocycles. The average Bonchev–Trinajstić information content (AvgIpc) is 2.86. The van der Waals surface area contributed by atoms with Crippen LogP contribution >= 0.6 is 11.3 Å². The maximum absolute atomic E-state index is 12.8. The number of amides is 1. The van der Waals surface area contributed by atoms with Crippen LogP contribution in [-0.4, -0.2) is 36.5 Å². The lowest BCUT2D eigenvalue weighted by molar-refractivity contribution is 0.0647. The van der Waals surface area contributed by atoms with Gasteiger partial charge in [-0.15, -0.1) is 11.3 Å². The third-order valence-corrected chi connectivity index (χ3v) is 5.40. The number of nitrogens with one attached hydrogen (secondary N) is 1. The van der Waals surface area contributed by atoms with E-state index in [-0.39, 0.29) is 5.91 Å². The summed E-state index contributed by atoms with van der Waals surface area (Å²) in [5.74, 6) is 0.242. The van der Waals surface area contributed by atoms with Gasteiger partial charge in [0.05, 0.1) is 4.88 Å². The molecule has 20 heavy (non-hydrogen) atoms. The number of hydrogen-bond donors (Lipinski definition) is 1. The van der Waals surface area contributed by atoms with E-state index in [1.54, 1.807) is 11.3 Å². The SMILES string of the molecule is CCCN(C(=O)c1cc(C)c(CC)s1)C1CCNCC1. The highest BCUT2D eigenvalue weighted by Crippen LogP contribution is 2.25. The topological polar surface area (TPSA) is 32.3 Å². The van der Waals surface area contributed by atoms with Gasteiger partial charge in [0.1, 0.15) is 0 Å². The molecule has 2 rings (SSSR count). The van der Waals surface area contributed by atoms with Crippen molar-refractivity contribution in [2.75, 3.05) is 19.6 Å². The molecule has 1 aliphatic rings. The van der Waals surface area contributed by atoms with Crippen LogP contribution in [0.3, 0.4) is 0 Å². The molecule has 0 atom stereocenters. The lowest BCUT2D eigenvalue weighted by Gasteiger charge is -2.34. The lowest BCUT2D eigenvalue weighted by Crippen LogP contribution is -2.46. The standard InChI is InChI=1S/C16H26N2OS/c1-4-10-18(13-6-8-17-9-7-13)16(19)15-11-12(3)14(5-2)20-15/h11,13,17H,4-10H2,1-3H3. The molecule has 0 unspecified atom stereocenters.